The first-order chi connectivity index (χ1) is 14.9. The maximum absolute atomic E-state index is 12.9. The molecule has 1 aromatic rings. The van der Waals surface area contributed by atoms with Crippen molar-refractivity contribution in [2.24, 2.45) is 23.2 Å². The Kier molecular flexibility index (Phi) is 5.50. The molecule has 2 aliphatic heterocycles. The number of rotatable bonds is 4. The molecule has 0 unspecified atom stereocenters. The van der Waals surface area contributed by atoms with Gasteiger partial charge in [-0.05, 0) is 61.8 Å². The van der Waals surface area contributed by atoms with Crippen molar-refractivity contribution in [1.29, 1.82) is 0 Å². The van der Waals surface area contributed by atoms with E-state index in [4.69, 9.17) is 4.74 Å². The monoisotopic (exact) mass is 423 g/mol. The van der Waals surface area contributed by atoms with E-state index >= 15 is 0 Å². The molecule has 2 aliphatic carbocycles. The zero-order valence-electron chi connectivity index (χ0n) is 18.9. The highest BCUT2D eigenvalue weighted by molar-refractivity contribution is 5.75. The van der Waals surface area contributed by atoms with Gasteiger partial charge in [-0.1, -0.05) is 49.4 Å². The Hall–Kier alpha value is -1.65. The van der Waals surface area contributed by atoms with Crippen LogP contribution in [0.15, 0.2) is 42.5 Å². The van der Waals surface area contributed by atoms with Gasteiger partial charge in [0, 0.05) is 32.0 Å². The Morgan fingerprint density at radius 3 is 2.68 bits per heavy atom. The molecule has 5 atom stereocenters. The second-order valence-corrected chi connectivity index (χ2v) is 11.1. The lowest BCUT2D eigenvalue weighted by atomic mass is 9.55. The van der Waals surface area contributed by atoms with Gasteiger partial charge in [-0.25, -0.2) is 0 Å². The Labute approximate surface area is 186 Å². The average molecular weight is 424 g/mol. The van der Waals surface area contributed by atoms with Crippen molar-refractivity contribution >= 4 is 5.97 Å². The highest BCUT2D eigenvalue weighted by Gasteiger charge is 2.55. The number of hydrogen-bond acceptors (Lipinski definition) is 4. The topological polar surface area (TPSA) is 49.8 Å². The predicted octanol–water partition coefficient (Wildman–Crippen LogP) is 4.37. The van der Waals surface area contributed by atoms with E-state index in [1.807, 2.05) is 18.2 Å². The fraction of sp³-hybridized carbons (Fsp3) is 0.667. The van der Waals surface area contributed by atoms with Crippen molar-refractivity contribution in [1.82, 2.24) is 4.90 Å². The van der Waals surface area contributed by atoms with Gasteiger partial charge in [-0.2, -0.15) is 0 Å². The smallest absolute Gasteiger partial charge is 0.310 e. The summed E-state index contributed by atoms with van der Waals surface area (Å²) in [4.78, 5) is 15.2. The number of benzene rings is 1. The maximum atomic E-state index is 12.9. The molecule has 2 heterocycles. The van der Waals surface area contributed by atoms with E-state index in [-0.39, 0.29) is 23.4 Å². The van der Waals surface area contributed by atoms with E-state index in [9.17, 15) is 9.90 Å². The van der Waals surface area contributed by atoms with E-state index in [1.165, 1.54) is 24.0 Å². The lowest BCUT2D eigenvalue weighted by Gasteiger charge is -2.50. The number of hydrogen-bond donors (Lipinski definition) is 1. The minimum atomic E-state index is -0.636. The molecular weight excluding hydrogens is 386 g/mol. The van der Waals surface area contributed by atoms with E-state index in [0.717, 1.165) is 51.7 Å². The second-order valence-electron chi connectivity index (χ2n) is 11.1. The summed E-state index contributed by atoms with van der Waals surface area (Å²) in [6.45, 7) is 9.26. The SMILES string of the molecule is C=C1CCC[C@]2(C)C[C@H]3OC(=O)[C@@H](CN4CCC(O)(Cc5ccccc5)CC4)[C@H]3C[C@H]12. The number of esters is 1. The predicted molar refractivity (Wildman–Crippen MR) is 121 cm³/mol. The first kappa shape index (κ1) is 21.2. The summed E-state index contributed by atoms with van der Waals surface area (Å²) < 4.78 is 5.94. The molecule has 31 heavy (non-hydrogen) atoms. The Morgan fingerprint density at radius 1 is 1.19 bits per heavy atom. The molecule has 1 N–H and O–H groups in total. The third kappa shape index (κ3) is 4.09. The number of ether oxygens (including phenoxy) is 1. The number of allylic oxidation sites excluding steroid dienone is 1. The first-order valence-electron chi connectivity index (χ1n) is 12.2. The highest BCUT2D eigenvalue weighted by atomic mass is 16.6. The molecule has 0 spiro atoms. The lowest BCUT2D eigenvalue weighted by molar-refractivity contribution is -0.146. The summed E-state index contributed by atoms with van der Waals surface area (Å²) in [5.74, 6) is 0.847. The zero-order chi connectivity index (χ0) is 21.6. The molecule has 0 bridgehead atoms. The third-order valence-electron chi connectivity index (χ3n) is 8.94. The van der Waals surface area contributed by atoms with Crippen LogP contribution in [0.25, 0.3) is 0 Å². The normalized spacial score (nSPS) is 37.7. The summed E-state index contributed by atoms with van der Waals surface area (Å²) in [5.41, 5.74) is 2.21. The highest BCUT2D eigenvalue weighted by Crippen LogP contribution is 2.57. The second kappa shape index (κ2) is 8.04. The molecule has 5 rings (SSSR count). The Morgan fingerprint density at radius 2 is 1.94 bits per heavy atom. The Balaban J connectivity index is 1.21. The standard InChI is InChI=1S/C27H37NO3/c1-19-7-6-10-26(2)17-24-21(15-23(19)26)22(25(29)31-24)18-28-13-11-27(30,12-14-28)16-20-8-4-3-5-9-20/h3-5,8-9,21-24,30H,1,6-7,10-18H2,2H3/t21-,22+,23-,24-,26-/m1/s1. The number of carbonyl (C=O) groups excluding carboxylic acids is 1. The number of piperidine rings is 1. The van der Waals surface area contributed by atoms with Crippen LogP contribution < -0.4 is 0 Å². The minimum Gasteiger partial charge on any atom is -0.462 e. The van der Waals surface area contributed by atoms with Gasteiger partial charge < -0.3 is 14.7 Å². The van der Waals surface area contributed by atoms with Gasteiger partial charge in [-0.15, -0.1) is 0 Å². The number of fused-ring (bicyclic) bond motifs is 2. The number of likely N-dealkylation sites (tertiary alicyclic amines) is 1. The average Bonchev–Trinajstić information content (AvgIpc) is 3.02. The summed E-state index contributed by atoms with van der Waals surface area (Å²) in [7, 11) is 0. The number of nitrogens with zero attached hydrogens (tertiary/aromatic N) is 1. The summed E-state index contributed by atoms with van der Waals surface area (Å²) in [6, 6.07) is 10.3. The molecule has 2 saturated carbocycles. The van der Waals surface area contributed by atoms with Crippen LogP contribution in [0.4, 0.5) is 0 Å². The van der Waals surface area contributed by atoms with Crippen LogP contribution in [-0.2, 0) is 16.0 Å². The first-order valence-corrected chi connectivity index (χ1v) is 12.2. The van der Waals surface area contributed by atoms with Crippen molar-refractivity contribution in [3.05, 3.63) is 48.0 Å². The minimum absolute atomic E-state index is 0.00739. The summed E-state index contributed by atoms with van der Waals surface area (Å²) in [5, 5.41) is 11.1. The molecule has 4 aliphatic rings. The van der Waals surface area contributed by atoms with Gasteiger partial charge in [0.2, 0.25) is 0 Å². The lowest BCUT2D eigenvalue weighted by Crippen LogP contribution is -2.49. The van der Waals surface area contributed by atoms with Crippen molar-refractivity contribution in [3.63, 3.8) is 0 Å². The molecule has 0 radical (unpaired) electrons. The quantitative estimate of drug-likeness (QED) is 0.577. The van der Waals surface area contributed by atoms with Crippen molar-refractivity contribution in [2.45, 2.75) is 70.0 Å². The van der Waals surface area contributed by atoms with Crippen LogP contribution in [-0.4, -0.2) is 47.3 Å². The van der Waals surface area contributed by atoms with Gasteiger partial charge in [-0.3, -0.25) is 4.79 Å². The molecule has 168 valence electrons. The maximum Gasteiger partial charge on any atom is 0.310 e. The molecule has 1 aromatic carbocycles. The van der Waals surface area contributed by atoms with Crippen LogP contribution >= 0.6 is 0 Å². The van der Waals surface area contributed by atoms with E-state index in [1.54, 1.807) is 0 Å². The molecule has 2 saturated heterocycles. The molecule has 0 aromatic heterocycles. The Bertz CT molecular complexity index is 828. The molecule has 4 fully saturated rings. The summed E-state index contributed by atoms with van der Waals surface area (Å²) in [6.07, 6.45) is 7.97. The van der Waals surface area contributed by atoms with Gasteiger partial charge in [0.25, 0.3) is 0 Å². The molecular formula is C27H37NO3. The van der Waals surface area contributed by atoms with Gasteiger partial charge >= 0.3 is 5.97 Å². The summed E-state index contributed by atoms with van der Waals surface area (Å²) >= 11 is 0. The largest absolute Gasteiger partial charge is 0.462 e. The van der Waals surface area contributed by atoms with Crippen molar-refractivity contribution in [2.75, 3.05) is 19.6 Å². The van der Waals surface area contributed by atoms with Crippen LogP contribution in [0.5, 0.6) is 0 Å². The van der Waals surface area contributed by atoms with E-state index < -0.39 is 5.60 Å². The van der Waals surface area contributed by atoms with Crippen LogP contribution in [0.2, 0.25) is 0 Å². The van der Waals surface area contributed by atoms with Crippen molar-refractivity contribution < 1.29 is 14.6 Å². The van der Waals surface area contributed by atoms with E-state index in [2.05, 4.69) is 30.5 Å². The van der Waals surface area contributed by atoms with Crippen LogP contribution in [0, 0.1) is 23.2 Å². The van der Waals surface area contributed by atoms with Crippen molar-refractivity contribution in [3.8, 4) is 0 Å². The van der Waals surface area contributed by atoms with Crippen LogP contribution in [0.3, 0.4) is 0 Å². The fourth-order valence-electron chi connectivity index (χ4n) is 7.05. The zero-order valence-corrected chi connectivity index (χ0v) is 18.9. The van der Waals surface area contributed by atoms with Gasteiger partial charge in [0.1, 0.15) is 6.10 Å². The van der Waals surface area contributed by atoms with E-state index in [0.29, 0.717) is 18.3 Å². The van der Waals surface area contributed by atoms with Gasteiger partial charge in [0.15, 0.2) is 0 Å². The molecule has 4 heteroatoms. The number of aliphatic hydroxyl groups is 1. The number of carbonyl (C=O) groups is 1. The van der Waals surface area contributed by atoms with Crippen LogP contribution in [0.1, 0.15) is 57.4 Å². The molecule has 0 amide bonds. The fourth-order valence-corrected chi connectivity index (χ4v) is 7.05. The van der Waals surface area contributed by atoms with Gasteiger partial charge in [0.05, 0.1) is 11.5 Å². The third-order valence-corrected chi connectivity index (χ3v) is 8.94. The molecule has 4 nitrogen and oxygen atoms in total.